The fourth-order valence-electron chi connectivity index (χ4n) is 4.03. The lowest BCUT2D eigenvalue weighted by molar-refractivity contribution is 1.27. The molecule has 0 saturated carbocycles. The van der Waals surface area contributed by atoms with Crippen molar-refractivity contribution in [2.45, 2.75) is 6.92 Å². The average Bonchev–Trinajstić information content (AvgIpc) is 2.85. The molecule has 0 aliphatic carbocycles. The number of aryl methyl sites for hydroxylation is 1. The number of hydrogen-bond donors (Lipinski definition) is 0. The molecule has 1 nitrogen and oxygen atoms in total. The molecule has 0 saturated heterocycles. The van der Waals surface area contributed by atoms with Gasteiger partial charge in [0.25, 0.3) is 0 Å². The summed E-state index contributed by atoms with van der Waals surface area (Å²) in [6.45, 7) is 2.12. The van der Waals surface area contributed by atoms with Gasteiger partial charge >= 0.3 is 0 Å². The van der Waals surface area contributed by atoms with E-state index in [4.69, 9.17) is 0 Å². The third kappa shape index (κ3) is 4.19. The Morgan fingerprint density at radius 2 is 1.09 bits per heavy atom. The highest BCUT2D eigenvalue weighted by Crippen LogP contribution is 2.34. The molecule has 1 heteroatoms. The van der Waals surface area contributed by atoms with E-state index in [1.54, 1.807) is 0 Å². The molecule has 0 spiro atoms. The molecular weight excluding hydrogens is 386 g/mol. The van der Waals surface area contributed by atoms with Crippen LogP contribution in [-0.4, -0.2) is 0 Å². The summed E-state index contributed by atoms with van der Waals surface area (Å²) in [5.74, 6) is 0. The summed E-state index contributed by atoms with van der Waals surface area (Å²) in [6.07, 6.45) is 4.39. The molecule has 0 fully saturated rings. The van der Waals surface area contributed by atoms with E-state index in [0.29, 0.717) is 0 Å². The molecule has 0 bridgehead atoms. The fraction of sp³-hybridized carbons (Fsp3) is 0.0323. The lowest BCUT2D eigenvalue weighted by atomic mass is 10.0. The molecule has 32 heavy (non-hydrogen) atoms. The first-order chi connectivity index (χ1) is 15.8. The van der Waals surface area contributed by atoms with Crippen LogP contribution < -0.4 is 4.90 Å². The first kappa shape index (κ1) is 19.8. The highest BCUT2D eigenvalue weighted by Gasteiger charge is 2.11. The van der Waals surface area contributed by atoms with Crippen molar-refractivity contribution < 1.29 is 0 Å². The van der Waals surface area contributed by atoms with Gasteiger partial charge in [-0.15, -0.1) is 0 Å². The predicted octanol–water partition coefficient (Wildman–Crippen LogP) is 8.79. The van der Waals surface area contributed by atoms with Crippen LogP contribution >= 0.6 is 0 Å². The van der Waals surface area contributed by atoms with Crippen molar-refractivity contribution in [1.29, 1.82) is 0 Å². The normalized spacial score (nSPS) is 11.2. The van der Waals surface area contributed by atoms with E-state index in [0.717, 1.165) is 17.1 Å². The zero-order valence-corrected chi connectivity index (χ0v) is 18.1. The van der Waals surface area contributed by atoms with Crippen LogP contribution in [0, 0.1) is 6.92 Å². The largest absolute Gasteiger partial charge is 0.311 e. The fourth-order valence-corrected chi connectivity index (χ4v) is 4.03. The standard InChI is InChI=1S/C31H25N/c1-24-14-20-29(21-15-24)32(28-11-3-2-4-12-28)30-22-17-25(18-23-30)16-19-27-10-7-9-26-8-5-6-13-31(26)27/h2-23H,1H3/b19-16+. The van der Waals surface area contributed by atoms with Gasteiger partial charge in [-0.2, -0.15) is 0 Å². The van der Waals surface area contributed by atoms with Crippen LogP contribution in [-0.2, 0) is 0 Å². The number of anilines is 3. The topological polar surface area (TPSA) is 3.24 Å². The molecule has 0 unspecified atom stereocenters. The molecule has 154 valence electrons. The second-order valence-electron chi connectivity index (χ2n) is 8.00. The SMILES string of the molecule is Cc1ccc(N(c2ccccc2)c2ccc(/C=C/c3cccc4ccccc34)cc2)cc1. The summed E-state index contributed by atoms with van der Waals surface area (Å²) in [5, 5.41) is 2.54. The summed E-state index contributed by atoms with van der Waals surface area (Å²) >= 11 is 0. The Balaban J connectivity index is 1.46. The molecule has 5 aromatic rings. The number of para-hydroxylation sites is 1. The van der Waals surface area contributed by atoms with Crippen LogP contribution in [0.5, 0.6) is 0 Å². The van der Waals surface area contributed by atoms with E-state index in [1.165, 1.54) is 27.5 Å². The van der Waals surface area contributed by atoms with Crippen molar-refractivity contribution in [2.75, 3.05) is 4.90 Å². The van der Waals surface area contributed by atoms with Crippen molar-refractivity contribution in [3.8, 4) is 0 Å². The third-order valence-electron chi connectivity index (χ3n) is 5.74. The Morgan fingerprint density at radius 1 is 0.500 bits per heavy atom. The maximum Gasteiger partial charge on any atom is 0.0462 e. The van der Waals surface area contributed by atoms with Crippen LogP contribution in [0.2, 0.25) is 0 Å². The van der Waals surface area contributed by atoms with Gasteiger partial charge in [-0.3, -0.25) is 0 Å². The zero-order chi connectivity index (χ0) is 21.8. The highest BCUT2D eigenvalue weighted by atomic mass is 15.1. The smallest absolute Gasteiger partial charge is 0.0462 e. The number of benzene rings is 5. The summed E-state index contributed by atoms with van der Waals surface area (Å²) in [7, 11) is 0. The lowest BCUT2D eigenvalue weighted by Gasteiger charge is -2.25. The van der Waals surface area contributed by atoms with Crippen molar-refractivity contribution >= 4 is 40.0 Å². The van der Waals surface area contributed by atoms with Gasteiger partial charge in [0.1, 0.15) is 0 Å². The molecule has 0 aromatic heterocycles. The van der Waals surface area contributed by atoms with Crippen LogP contribution in [0.1, 0.15) is 16.7 Å². The highest BCUT2D eigenvalue weighted by molar-refractivity contribution is 5.92. The number of fused-ring (bicyclic) bond motifs is 1. The zero-order valence-electron chi connectivity index (χ0n) is 18.1. The minimum absolute atomic E-state index is 1.14. The molecule has 0 N–H and O–H groups in total. The second-order valence-corrected chi connectivity index (χ2v) is 8.00. The predicted molar refractivity (Wildman–Crippen MR) is 139 cm³/mol. The van der Waals surface area contributed by atoms with E-state index >= 15 is 0 Å². The molecular formula is C31H25N. The monoisotopic (exact) mass is 411 g/mol. The van der Waals surface area contributed by atoms with Gasteiger partial charge in [-0.25, -0.2) is 0 Å². The first-order valence-corrected chi connectivity index (χ1v) is 11.0. The van der Waals surface area contributed by atoms with Crippen LogP contribution in [0.3, 0.4) is 0 Å². The number of rotatable bonds is 5. The van der Waals surface area contributed by atoms with Gasteiger partial charge in [-0.05, 0) is 65.2 Å². The van der Waals surface area contributed by atoms with Crippen molar-refractivity contribution in [1.82, 2.24) is 0 Å². The minimum Gasteiger partial charge on any atom is -0.311 e. The Morgan fingerprint density at radius 3 is 1.84 bits per heavy atom. The summed E-state index contributed by atoms with van der Waals surface area (Å²) < 4.78 is 0. The molecule has 0 amide bonds. The number of hydrogen-bond acceptors (Lipinski definition) is 1. The Hall–Kier alpha value is -4.10. The quantitative estimate of drug-likeness (QED) is 0.261. The van der Waals surface area contributed by atoms with Crippen LogP contribution in [0.15, 0.2) is 121 Å². The second kappa shape index (κ2) is 8.95. The Bertz CT molecular complexity index is 1340. The third-order valence-corrected chi connectivity index (χ3v) is 5.74. The van der Waals surface area contributed by atoms with Crippen LogP contribution in [0.4, 0.5) is 17.1 Å². The molecule has 0 atom stereocenters. The molecule has 5 rings (SSSR count). The van der Waals surface area contributed by atoms with Crippen molar-refractivity contribution in [3.05, 3.63) is 138 Å². The minimum atomic E-state index is 1.14. The molecule has 5 aromatic carbocycles. The molecule has 0 aliphatic heterocycles. The van der Waals surface area contributed by atoms with Gasteiger partial charge in [0, 0.05) is 17.1 Å². The maximum absolute atomic E-state index is 2.29. The summed E-state index contributed by atoms with van der Waals surface area (Å²) in [5.41, 5.74) is 7.12. The lowest BCUT2D eigenvalue weighted by Crippen LogP contribution is -2.09. The molecule has 0 aliphatic rings. The van der Waals surface area contributed by atoms with E-state index < -0.39 is 0 Å². The van der Waals surface area contributed by atoms with Gasteiger partial charge in [0.05, 0.1) is 0 Å². The molecule has 0 heterocycles. The van der Waals surface area contributed by atoms with Crippen LogP contribution in [0.25, 0.3) is 22.9 Å². The van der Waals surface area contributed by atoms with E-state index in [9.17, 15) is 0 Å². The van der Waals surface area contributed by atoms with Gasteiger partial charge in [-0.1, -0.05) is 103 Å². The average molecular weight is 412 g/mol. The summed E-state index contributed by atoms with van der Waals surface area (Å²) in [4.78, 5) is 2.29. The van der Waals surface area contributed by atoms with Crippen molar-refractivity contribution in [2.24, 2.45) is 0 Å². The summed E-state index contributed by atoms with van der Waals surface area (Å²) in [6, 6.07) is 42.9. The molecule has 0 radical (unpaired) electrons. The van der Waals surface area contributed by atoms with Crippen molar-refractivity contribution in [3.63, 3.8) is 0 Å². The first-order valence-electron chi connectivity index (χ1n) is 11.0. The van der Waals surface area contributed by atoms with E-state index in [2.05, 4.69) is 145 Å². The Labute approximate surface area is 189 Å². The Kier molecular flexibility index (Phi) is 5.55. The van der Waals surface area contributed by atoms with Gasteiger partial charge in [0.15, 0.2) is 0 Å². The van der Waals surface area contributed by atoms with E-state index in [-0.39, 0.29) is 0 Å². The van der Waals surface area contributed by atoms with Gasteiger partial charge in [0.2, 0.25) is 0 Å². The van der Waals surface area contributed by atoms with Gasteiger partial charge < -0.3 is 4.90 Å². The van der Waals surface area contributed by atoms with E-state index in [1.807, 2.05) is 0 Å². The maximum atomic E-state index is 2.29. The number of nitrogens with zero attached hydrogens (tertiary/aromatic N) is 1.